The van der Waals surface area contributed by atoms with E-state index in [1.165, 1.54) is 0 Å². The van der Waals surface area contributed by atoms with E-state index in [0.717, 1.165) is 12.1 Å². The first-order valence-electron chi connectivity index (χ1n) is 5.50. The van der Waals surface area contributed by atoms with Crippen molar-refractivity contribution in [3.63, 3.8) is 0 Å². The summed E-state index contributed by atoms with van der Waals surface area (Å²) < 4.78 is 9.99. The second kappa shape index (κ2) is 4.62. The first-order chi connectivity index (χ1) is 7.74. The number of carbonyl (C=O) groups is 1. The number of rotatable bonds is 2. The molecule has 0 N–H and O–H groups in total. The molecule has 0 bridgehead atoms. The third-order valence-electron chi connectivity index (χ3n) is 2.92. The minimum atomic E-state index is -0.554. The van der Waals surface area contributed by atoms with Crippen molar-refractivity contribution in [1.29, 1.82) is 5.26 Å². The normalized spacial score (nSPS) is 34.8. The fourth-order valence-electron chi connectivity index (χ4n) is 2.08. The minimum Gasteiger partial charge on any atom is -0.448 e. The van der Waals surface area contributed by atoms with Crippen molar-refractivity contribution >= 4 is 11.8 Å². The lowest BCUT2D eigenvalue weighted by Gasteiger charge is -2.05. The van der Waals surface area contributed by atoms with E-state index >= 15 is 0 Å². The SMILES string of the molecule is CCOC(=O)/N=C1\CC(C#N)CC1[C@@H]1CO1. The maximum absolute atomic E-state index is 11.2. The molecule has 1 saturated carbocycles. The Balaban J connectivity index is 2.06. The maximum Gasteiger partial charge on any atom is 0.433 e. The Morgan fingerprint density at radius 2 is 2.50 bits per heavy atom. The van der Waals surface area contributed by atoms with E-state index < -0.39 is 6.09 Å². The summed E-state index contributed by atoms with van der Waals surface area (Å²) in [4.78, 5) is 15.2. The number of hydrogen-bond acceptors (Lipinski definition) is 4. The Bertz CT molecular complexity index is 355. The first-order valence-corrected chi connectivity index (χ1v) is 5.50. The molecule has 1 saturated heterocycles. The summed E-state index contributed by atoms with van der Waals surface area (Å²) in [6.45, 7) is 2.78. The smallest absolute Gasteiger partial charge is 0.433 e. The van der Waals surface area contributed by atoms with Gasteiger partial charge in [0.25, 0.3) is 0 Å². The quantitative estimate of drug-likeness (QED) is 0.664. The first kappa shape index (κ1) is 11.1. The molecule has 1 aliphatic heterocycles. The van der Waals surface area contributed by atoms with Crippen LogP contribution in [0.25, 0.3) is 0 Å². The summed E-state index contributed by atoms with van der Waals surface area (Å²) in [5.41, 5.74) is 0.771. The van der Waals surface area contributed by atoms with Gasteiger partial charge in [-0.3, -0.25) is 0 Å². The Morgan fingerprint density at radius 3 is 3.06 bits per heavy atom. The van der Waals surface area contributed by atoms with Gasteiger partial charge in [-0.05, 0) is 13.3 Å². The van der Waals surface area contributed by atoms with Crippen LogP contribution >= 0.6 is 0 Å². The van der Waals surface area contributed by atoms with E-state index in [-0.39, 0.29) is 17.9 Å². The maximum atomic E-state index is 11.2. The van der Waals surface area contributed by atoms with Crippen LogP contribution in [0.1, 0.15) is 19.8 Å². The highest BCUT2D eigenvalue weighted by atomic mass is 16.6. The molecule has 0 radical (unpaired) electrons. The molecule has 0 aromatic rings. The van der Waals surface area contributed by atoms with Gasteiger partial charge in [-0.15, -0.1) is 0 Å². The molecule has 0 aromatic carbocycles. The second-order valence-electron chi connectivity index (χ2n) is 4.05. The van der Waals surface area contributed by atoms with Crippen molar-refractivity contribution in [3.8, 4) is 6.07 Å². The molecule has 5 heteroatoms. The molecule has 86 valence electrons. The average Bonchev–Trinajstić information content (AvgIpc) is 3.02. The molecule has 0 spiro atoms. The lowest BCUT2D eigenvalue weighted by molar-refractivity contribution is 0.163. The highest BCUT2D eigenvalue weighted by molar-refractivity contribution is 5.97. The van der Waals surface area contributed by atoms with Crippen LogP contribution < -0.4 is 0 Å². The second-order valence-corrected chi connectivity index (χ2v) is 4.05. The lowest BCUT2D eigenvalue weighted by Crippen LogP contribution is -2.15. The topological polar surface area (TPSA) is 75.0 Å². The van der Waals surface area contributed by atoms with Crippen molar-refractivity contribution in [2.24, 2.45) is 16.8 Å². The van der Waals surface area contributed by atoms with Gasteiger partial charge in [-0.25, -0.2) is 4.79 Å². The number of hydrogen-bond donors (Lipinski definition) is 0. The Kier molecular flexibility index (Phi) is 3.20. The molecule has 2 aliphatic rings. The van der Waals surface area contributed by atoms with E-state index in [1.807, 2.05) is 0 Å². The summed E-state index contributed by atoms with van der Waals surface area (Å²) >= 11 is 0. The zero-order chi connectivity index (χ0) is 11.5. The fourth-order valence-corrected chi connectivity index (χ4v) is 2.08. The van der Waals surface area contributed by atoms with E-state index in [0.29, 0.717) is 19.6 Å². The molecule has 1 aliphatic carbocycles. The fraction of sp³-hybridized carbons (Fsp3) is 0.727. The average molecular weight is 222 g/mol. The lowest BCUT2D eigenvalue weighted by atomic mass is 10.0. The molecule has 1 heterocycles. The number of carbonyl (C=O) groups excluding carboxylic acids is 1. The van der Waals surface area contributed by atoms with E-state index in [9.17, 15) is 4.79 Å². The molecule has 16 heavy (non-hydrogen) atoms. The summed E-state index contributed by atoms with van der Waals surface area (Å²) in [6, 6.07) is 2.22. The highest BCUT2D eigenvalue weighted by Gasteiger charge is 2.42. The van der Waals surface area contributed by atoms with Crippen LogP contribution in [0.2, 0.25) is 0 Å². The molecule has 2 fully saturated rings. The van der Waals surface area contributed by atoms with Gasteiger partial charge < -0.3 is 9.47 Å². The van der Waals surface area contributed by atoms with Gasteiger partial charge in [-0.1, -0.05) is 0 Å². The van der Waals surface area contributed by atoms with Gasteiger partial charge in [-0.2, -0.15) is 10.3 Å². The Hall–Kier alpha value is -1.41. The molecule has 1 amide bonds. The number of ether oxygens (including phenoxy) is 2. The summed E-state index contributed by atoms with van der Waals surface area (Å²) in [5, 5.41) is 8.88. The van der Waals surface area contributed by atoms with E-state index in [2.05, 4.69) is 11.1 Å². The van der Waals surface area contributed by atoms with Crippen molar-refractivity contribution in [2.45, 2.75) is 25.9 Å². The van der Waals surface area contributed by atoms with E-state index in [1.54, 1.807) is 6.92 Å². The molecule has 2 unspecified atom stereocenters. The number of epoxide rings is 1. The number of nitriles is 1. The third kappa shape index (κ3) is 2.39. The monoisotopic (exact) mass is 222 g/mol. The van der Waals surface area contributed by atoms with Crippen LogP contribution in [0.5, 0.6) is 0 Å². The Morgan fingerprint density at radius 1 is 1.75 bits per heavy atom. The van der Waals surface area contributed by atoms with Crippen LogP contribution in [0.15, 0.2) is 4.99 Å². The standard InChI is InChI=1S/C11H14N2O3/c1-2-15-11(14)13-9-4-7(5-12)3-8(9)10-6-16-10/h7-8,10H,2-4,6H2,1H3/b13-9+/t7?,8?,10-/m0/s1. The minimum absolute atomic E-state index is 0.0395. The van der Waals surface area contributed by atoms with Crippen molar-refractivity contribution < 1.29 is 14.3 Å². The van der Waals surface area contributed by atoms with Crippen LogP contribution in [-0.2, 0) is 9.47 Å². The predicted molar refractivity (Wildman–Crippen MR) is 56.0 cm³/mol. The van der Waals surface area contributed by atoms with Gasteiger partial charge in [0, 0.05) is 18.1 Å². The molecular formula is C11H14N2O3. The number of amides is 1. The van der Waals surface area contributed by atoms with Gasteiger partial charge in [0.15, 0.2) is 0 Å². The number of nitrogens with zero attached hydrogens (tertiary/aromatic N) is 2. The van der Waals surface area contributed by atoms with Gasteiger partial charge in [0.2, 0.25) is 0 Å². The Labute approximate surface area is 94.1 Å². The van der Waals surface area contributed by atoms with Crippen molar-refractivity contribution in [1.82, 2.24) is 0 Å². The van der Waals surface area contributed by atoms with E-state index in [4.69, 9.17) is 14.7 Å². The largest absolute Gasteiger partial charge is 0.448 e. The van der Waals surface area contributed by atoms with Crippen LogP contribution in [0.3, 0.4) is 0 Å². The van der Waals surface area contributed by atoms with Crippen LogP contribution in [0, 0.1) is 23.2 Å². The number of aliphatic imine (C=N–C) groups is 1. The van der Waals surface area contributed by atoms with Crippen molar-refractivity contribution in [2.75, 3.05) is 13.2 Å². The molecule has 0 aromatic heterocycles. The summed E-state index contributed by atoms with van der Waals surface area (Å²) in [5.74, 6) is 0.0939. The van der Waals surface area contributed by atoms with Gasteiger partial charge in [0.1, 0.15) is 0 Å². The zero-order valence-electron chi connectivity index (χ0n) is 9.18. The molecular weight excluding hydrogens is 208 g/mol. The zero-order valence-corrected chi connectivity index (χ0v) is 9.18. The van der Waals surface area contributed by atoms with Gasteiger partial charge in [0.05, 0.1) is 31.3 Å². The van der Waals surface area contributed by atoms with Crippen LogP contribution in [-0.4, -0.2) is 31.1 Å². The van der Waals surface area contributed by atoms with Gasteiger partial charge >= 0.3 is 6.09 Å². The summed E-state index contributed by atoms with van der Waals surface area (Å²) in [7, 11) is 0. The molecule has 3 atom stereocenters. The van der Waals surface area contributed by atoms with Crippen molar-refractivity contribution in [3.05, 3.63) is 0 Å². The summed E-state index contributed by atoms with van der Waals surface area (Å²) in [6.07, 6.45) is 0.924. The molecule has 2 rings (SSSR count). The highest BCUT2D eigenvalue weighted by Crippen LogP contribution is 2.36. The van der Waals surface area contributed by atoms with Crippen LogP contribution in [0.4, 0.5) is 4.79 Å². The third-order valence-corrected chi connectivity index (χ3v) is 2.92. The predicted octanol–water partition coefficient (Wildman–Crippen LogP) is 1.53. The molecule has 5 nitrogen and oxygen atoms in total.